The highest BCUT2D eigenvalue weighted by Crippen LogP contribution is 2.22. The number of hydrogen-bond acceptors (Lipinski definition) is 1. The highest BCUT2D eigenvalue weighted by atomic mass is 32.2. The van der Waals surface area contributed by atoms with Gasteiger partial charge in [-0.1, -0.05) is 56.8 Å². The summed E-state index contributed by atoms with van der Waals surface area (Å²) in [6, 6.07) is 10.4. The Hall–Kier alpha value is -0.690. The first-order chi connectivity index (χ1) is 6.08. The maximum Gasteiger partial charge on any atom is 0.0116 e. The fourth-order valence-corrected chi connectivity index (χ4v) is 1.76. The molecule has 0 fully saturated rings. The zero-order valence-corrected chi connectivity index (χ0v) is 9.27. The smallest absolute Gasteiger partial charge is 0.0116 e. The van der Waals surface area contributed by atoms with Gasteiger partial charge in [0.25, 0.3) is 0 Å². The molecule has 1 heteroatoms. The van der Waals surface area contributed by atoms with Gasteiger partial charge in [0.05, 0.1) is 0 Å². The van der Waals surface area contributed by atoms with Gasteiger partial charge in [-0.05, 0) is 23.0 Å². The van der Waals surface area contributed by atoms with Crippen molar-refractivity contribution in [2.45, 2.75) is 25.7 Å². The molecule has 0 saturated carbocycles. The Balaban J connectivity index is 2.49. The van der Waals surface area contributed by atoms with Gasteiger partial charge in [-0.15, -0.1) is 0 Å². The third-order valence-electron chi connectivity index (χ3n) is 1.52. The van der Waals surface area contributed by atoms with Gasteiger partial charge in [0.1, 0.15) is 0 Å². The average molecular weight is 192 g/mol. The Bertz CT molecular complexity index is 267. The Morgan fingerprint density at radius 2 is 1.69 bits per heavy atom. The van der Waals surface area contributed by atoms with Crippen LogP contribution in [-0.2, 0) is 0 Å². The van der Waals surface area contributed by atoms with Crippen LogP contribution in [-0.4, -0.2) is 0 Å². The lowest BCUT2D eigenvalue weighted by atomic mass is 9.98. The summed E-state index contributed by atoms with van der Waals surface area (Å²) in [5.41, 5.74) is 0.280. The van der Waals surface area contributed by atoms with Crippen LogP contribution in [0.2, 0.25) is 0 Å². The molecular formula is C12H16S. The lowest BCUT2D eigenvalue weighted by molar-refractivity contribution is 0.545. The van der Waals surface area contributed by atoms with Crippen molar-refractivity contribution in [2.24, 2.45) is 5.41 Å². The van der Waals surface area contributed by atoms with Crippen LogP contribution in [0.25, 0.3) is 0 Å². The van der Waals surface area contributed by atoms with E-state index in [-0.39, 0.29) is 5.41 Å². The van der Waals surface area contributed by atoms with E-state index in [4.69, 9.17) is 0 Å². The Morgan fingerprint density at radius 3 is 2.23 bits per heavy atom. The van der Waals surface area contributed by atoms with Crippen molar-refractivity contribution in [1.82, 2.24) is 0 Å². The van der Waals surface area contributed by atoms with Crippen molar-refractivity contribution in [3.8, 4) is 0 Å². The first-order valence-electron chi connectivity index (χ1n) is 4.47. The van der Waals surface area contributed by atoms with E-state index in [0.717, 1.165) is 0 Å². The van der Waals surface area contributed by atoms with Gasteiger partial charge < -0.3 is 0 Å². The lowest BCUT2D eigenvalue weighted by Gasteiger charge is -2.10. The van der Waals surface area contributed by atoms with Crippen LogP contribution in [0.3, 0.4) is 0 Å². The molecule has 13 heavy (non-hydrogen) atoms. The van der Waals surface area contributed by atoms with Crippen LogP contribution in [0.4, 0.5) is 0 Å². The molecule has 0 bridgehead atoms. The molecule has 70 valence electrons. The third kappa shape index (κ3) is 4.79. The topological polar surface area (TPSA) is 0 Å². The largest absolute Gasteiger partial charge is 0.0984 e. The molecular weight excluding hydrogens is 176 g/mol. The summed E-state index contributed by atoms with van der Waals surface area (Å²) in [7, 11) is 0. The molecule has 0 amide bonds. The zero-order chi connectivity index (χ0) is 9.73. The normalized spacial score (nSPS) is 12.2. The van der Waals surface area contributed by atoms with Crippen molar-refractivity contribution < 1.29 is 0 Å². The minimum absolute atomic E-state index is 0.280. The van der Waals surface area contributed by atoms with Gasteiger partial charge in [0.2, 0.25) is 0 Å². The Labute approximate surface area is 85.1 Å². The number of thioether (sulfide) groups is 1. The van der Waals surface area contributed by atoms with Crippen molar-refractivity contribution in [1.29, 1.82) is 0 Å². The fraction of sp³-hybridized carbons (Fsp3) is 0.333. The second-order valence-electron chi connectivity index (χ2n) is 4.10. The Kier molecular flexibility index (Phi) is 3.61. The van der Waals surface area contributed by atoms with Crippen LogP contribution in [0.15, 0.2) is 46.7 Å². The van der Waals surface area contributed by atoms with E-state index >= 15 is 0 Å². The molecule has 1 aromatic carbocycles. The molecule has 0 nitrogen and oxygen atoms in total. The SMILES string of the molecule is CC(C)(C)C=CSc1ccccc1. The summed E-state index contributed by atoms with van der Waals surface area (Å²) in [6.45, 7) is 6.61. The summed E-state index contributed by atoms with van der Waals surface area (Å²) < 4.78 is 0. The molecule has 1 aromatic rings. The van der Waals surface area contributed by atoms with E-state index in [1.54, 1.807) is 11.8 Å². The second-order valence-corrected chi connectivity index (χ2v) is 5.08. The summed E-state index contributed by atoms with van der Waals surface area (Å²) in [6.07, 6.45) is 2.23. The minimum Gasteiger partial charge on any atom is -0.0984 e. The summed E-state index contributed by atoms with van der Waals surface area (Å²) in [5, 5.41) is 2.16. The van der Waals surface area contributed by atoms with Gasteiger partial charge in [-0.2, -0.15) is 0 Å². The van der Waals surface area contributed by atoms with E-state index < -0.39 is 0 Å². The predicted molar refractivity (Wildman–Crippen MR) is 60.9 cm³/mol. The standard InChI is InChI=1S/C12H16S/c1-12(2,3)9-10-13-11-7-5-4-6-8-11/h4-10H,1-3H3. The third-order valence-corrected chi connectivity index (χ3v) is 2.33. The van der Waals surface area contributed by atoms with Gasteiger partial charge in [0.15, 0.2) is 0 Å². The predicted octanol–water partition coefficient (Wildman–Crippen LogP) is 4.34. The van der Waals surface area contributed by atoms with E-state index in [1.807, 2.05) is 6.07 Å². The average Bonchev–Trinajstić information content (AvgIpc) is 2.04. The van der Waals surface area contributed by atoms with Crippen molar-refractivity contribution in [2.75, 3.05) is 0 Å². The summed E-state index contributed by atoms with van der Waals surface area (Å²) in [5.74, 6) is 0. The molecule has 0 heterocycles. The molecule has 0 saturated heterocycles. The zero-order valence-electron chi connectivity index (χ0n) is 8.45. The van der Waals surface area contributed by atoms with Crippen LogP contribution in [0.5, 0.6) is 0 Å². The molecule has 0 aliphatic heterocycles. The Morgan fingerprint density at radius 1 is 1.08 bits per heavy atom. The highest BCUT2D eigenvalue weighted by Gasteiger charge is 2.02. The molecule has 0 spiro atoms. The maximum absolute atomic E-state index is 2.23. The number of hydrogen-bond donors (Lipinski definition) is 0. The number of rotatable bonds is 2. The molecule has 0 radical (unpaired) electrons. The summed E-state index contributed by atoms with van der Waals surface area (Å²) >= 11 is 1.77. The monoisotopic (exact) mass is 192 g/mol. The number of allylic oxidation sites excluding steroid dienone is 1. The van der Waals surface area contributed by atoms with Crippen LogP contribution < -0.4 is 0 Å². The quantitative estimate of drug-likeness (QED) is 0.628. The molecule has 0 unspecified atom stereocenters. The second kappa shape index (κ2) is 4.52. The molecule has 0 N–H and O–H groups in total. The van der Waals surface area contributed by atoms with Crippen LogP contribution in [0, 0.1) is 5.41 Å². The van der Waals surface area contributed by atoms with Crippen LogP contribution >= 0.6 is 11.8 Å². The maximum atomic E-state index is 2.23. The van der Waals surface area contributed by atoms with Gasteiger partial charge >= 0.3 is 0 Å². The van der Waals surface area contributed by atoms with Crippen molar-refractivity contribution >= 4 is 11.8 Å². The van der Waals surface area contributed by atoms with Gasteiger partial charge in [-0.3, -0.25) is 0 Å². The van der Waals surface area contributed by atoms with Gasteiger partial charge in [-0.25, -0.2) is 0 Å². The highest BCUT2D eigenvalue weighted by molar-refractivity contribution is 8.02. The molecule has 0 aliphatic carbocycles. The lowest BCUT2D eigenvalue weighted by Crippen LogP contribution is -1.97. The van der Waals surface area contributed by atoms with E-state index in [9.17, 15) is 0 Å². The molecule has 0 atom stereocenters. The van der Waals surface area contributed by atoms with E-state index in [1.165, 1.54) is 4.90 Å². The first-order valence-corrected chi connectivity index (χ1v) is 5.35. The molecule has 1 rings (SSSR count). The fourth-order valence-electron chi connectivity index (χ4n) is 0.816. The minimum atomic E-state index is 0.280. The van der Waals surface area contributed by atoms with E-state index in [2.05, 4.69) is 56.5 Å². The first kappa shape index (κ1) is 10.4. The van der Waals surface area contributed by atoms with Gasteiger partial charge in [0, 0.05) is 4.90 Å². The van der Waals surface area contributed by atoms with Crippen molar-refractivity contribution in [3.05, 3.63) is 41.8 Å². The molecule has 0 aliphatic rings. The summed E-state index contributed by atoms with van der Waals surface area (Å²) in [4.78, 5) is 1.29. The van der Waals surface area contributed by atoms with Crippen molar-refractivity contribution in [3.63, 3.8) is 0 Å². The molecule has 0 aromatic heterocycles. The van der Waals surface area contributed by atoms with E-state index in [0.29, 0.717) is 0 Å². The van der Waals surface area contributed by atoms with Crippen LogP contribution in [0.1, 0.15) is 20.8 Å². The number of benzene rings is 1.